The number of hydrogen-bond acceptors (Lipinski definition) is 4. The van der Waals surface area contributed by atoms with Crippen molar-refractivity contribution in [3.8, 4) is 23.3 Å². The minimum absolute atomic E-state index is 0.0883. The molecule has 0 bridgehead atoms. The highest BCUT2D eigenvalue weighted by atomic mass is 32.1. The molecule has 4 rings (SSSR count). The summed E-state index contributed by atoms with van der Waals surface area (Å²) in [7, 11) is 0. The van der Waals surface area contributed by atoms with Crippen molar-refractivity contribution >= 4 is 21.6 Å². The van der Waals surface area contributed by atoms with Gasteiger partial charge in [0.15, 0.2) is 0 Å². The second-order valence-electron chi connectivity index (χ2n) is 7.06. The molecule has 0 aliphatic heterocycles. The van der Waals surface area contributed by atoms with Crippen molar-refractivity contribution < 1.29 is 5.11 Å². The first-order valence-corrected chi connectivity index (χ1v) is 10.3. The summed E-state index contributed by atoms with van der Waals surface area (Å²) in [6.07, 6.45) is 8.01. The number of phenols is 1. The van der Waals surface area contributed by atoms with Crippen molar-refractivity contribution in [3.05, 3.63) is 51.4 Å². The molecule has 1 aliphatic carbocycles. The molecule has 0 radical (unpaired) electrons. The van der Waals surface area contributed by atoms with E-state index in [1.165, 1.54) is 24.2 Å². The highest BCUT2D eigenvalue weighted by Gasteiger charge is 2.18. The van der Waals surface area contributed by atoms with Gasteiger partial charge >= 0.3 is 0 Å². The molecule has 1 saturated carbocycles. The van der Waals surface area contributed by atoms with Gasteiger partial charge in [-0.15, -0.1) is 11.3 Å². The third kappa shape index (κ3) is 3.91. The zero-order chi connectivity index (χ0) is 18.8. The number of aromatic nitrogens is 2. The number of benzene rings is 1. The summed E-state index contributed by atoms with van der Waals surface area (Å²) in [5.74, 6) is 7.22. The average Bonchev–Trinajstić information content (AvgIpc) is 3.40. The van der Waals surface area contributed by atoms with Gasteiger partial charge in [-0.3, -0.25) is 9.36 Å². The number of aryl methyl sites for hydroxylation is 1. The van der Waals surface area contributed by atoms with Crippen molar-refractivity contribution in [2.45, 2.75) is 45.4 Å². The number of thiophene rings is 1. The number of rotatable bonds is 5. The molecule has 27 heavy (non-hydrogen) atoms. The van der Waals surface area contributed by atoms with Crippen molar-refractivity contribution in [1.82, 2.24) is 9.55 Å². The zero-order valence-corrected chi connectivity index (χ0v) is 16.2. The van der Waals surface area contributed by atoms with Crippen molar-refractivity contribution in [2.75, 3.05) is 0 Å². The summed E-state index contributed by atoms with van der Waals surface area (Å²) < 4.78 is 2.18. The maximum Gasteiger partial charge on any atom is 0.275 e. The predicted molar refractivity (Wildman–Crippen MR) is 110 cm³/mol. The van der Waals surface area contributed by atoms with E-state index >= 15 is 0 Å². The van der Waals surface area contributed by atoms with Crippen molar-refractivity contribution in [3.63, 3.8) is 0 Å². The molecule has 2 aromatic heterocycles. The van der Waals surface area contributed by atoms with E-state index in [1.54, 1.807) is 23.0 Å². The Kier molecular flexibility index (Phi) is 5.00. The molecule has 0 spiro atoms. The lowest BCUT2D eigenvalue weighted by molar-refractivity contribution is 0.466. The van der Waals surface area contributed by atoms with Crippen LogP contribution in [0.4, 0.5) is 0 Å². The van der Waals surface area contributed by atoms with Gasteiger partial charge < -0.3 is 5.11 Å². The van der Waals surface area contributed by atoms with Gasteiger partial charge in [0.2, 0.25) is 0 Å². The summed E-state index contributed by atoms with van der Waals surface area (Å²) in [6, 6.07) is 7.21. The monoisotopic (exact) mass is 378 g/mol. The number of phenolic OH excluding ortho intramolecular Hbond substituents is 1. The Morgan fingerprint density at radius 3 is 2.93 bits per heavy atom. The minimum Gasteiger partial charge on any atom is -0.508 e. The van der Waals surface area contributed by atoms with Gasteiger partial charge in [0.05, 0.1) is 16.1 Å². The highest BCUT2D eigenvalue weighted by molar-refractivity contribution is 7.19. The van der Waals surface area contributed by atoms with Gasteiger partial charge in [-0.1, -0.05) is 31.6 Å². The van der Waals surface area contributed by atoms with Crippen LogP contribution < -0.4 is 5.56 Å². The Balaban J connectivity index is 1.69. The fourth-order valence-electron chi connectivity index (χ4n) is 3.05. The molecular formula is C22H22N2O2S. The second kappa shape index (κ2) is 7.58. The normalized spacial score (nSPS) is 13.5. The Bertz CT molecular complexity index is 1100. The Labute approximate surface area is 162 Å². The lowest BCUT2D eigenvalue weighted by Crippen LogP contribution is -2.17. The Morgan fingerprint density at radius 1 is 1.30 bits per heavy atom. The van der Waals surface area contributed by atoms with Gasteiger partial charge in [-0.05, 0) is 55.5 Å². The van der Waals surface area contributed by atoms with E-state index in [0.717, 1.165) is 41.8 Å². The van der Waals surface area contributed by atoms with E-state index < -0.39 is 0 Å². The predicted octanol–water partition coefficient (Wildman–Crippen LogP) is 4.65. The topological polar surface area (TPSA) is 55.1 Å². The van der Waals surface area contributed by atoms with E-state index in [2.05, 4.69) is 23.7 Å². The molecular weight excluding hydrogens is 356 g/mol. The van der Waals surface area contributed by atoms with Crippen molar-refractivity contribution in [1.29, 1.82) is 0 Å². The summed E-state index contributed by atoms with van der Waals surface area (Å²) >= 11 is 1.41. The number of nitrogens with zero attached hydrogens (tertiary/aromatic N) is 2. The molecule has 5 heteroatoms. The number of aromatic hydroxyl groups is 1. The Hall–Kier alpha value is -2.58. The van der Waals surface area contributed by atoms with Gasteiger partial charge in [-0.2, -0.15) is 0 Å². The largest absolute Gasteiger partial charge is 0.508 e. The molecule has 0 unspecified atom stereocenters. The summed E-state index contributed by atoms with van der Waals surface area (Å²) in [5, 5.41) is 10.1. The molecule has 3 aromatic rings. The van der Waals surface area contributed by atoms with Crippen molar-refractivity contribution in [2.24, 2.45) is 5.92 Å². The zero-order valence-electron chi connectivity index (χ0n) is 15.4. The molecule has 1 fully saturated rings. The van der Waals surface area contributed by atoms with Crippen LogP contribution in [0.3, 0.4) is 0 Å². The van der Waals surface area contributed by atoms with E-state index in [0.29, 0.717) is 16.1 Å². The summed E-state index contributed by atoms with van der Waals surface area (Å²) in [6.45, 7) is 2.15. The van der Waals surface area contributed by atoms with Crippen LogP contribution in [0.1, 0.15) is 49.5 Å². The fourth-order valence-corrected chi connectivity index (χ4v) is 3.95. The van der Waals surface area contributed by atoms with Crippen LogP contribution in [-0.2, 0) is 6.42 Å². The van der Waals surface area contributed by atoms with E-state index in [9.17, 15) is 9.90 Å². The number of hydrogen-bond donors (Lipinski definition) is 1. The van der Waals surface area contributed by atoms with Crippen LogP contribution >= 0.6 is 11.3 Å². The first-order chi connectivity index (χ1) is 13.2. The first-order valence-electron chi connectivity index (χ1n) is 9.50. The lowest BCUT2D eigenvalue weighted by atomic mass is 10.1. The number of fused-ring (bicyclic) bond motifs is 1. The molecule has 1 N–H and O–H groups in total. The second-order valence-corrected chi connectivity index (χ2v) is 8.11. The third-order valence-corrected chi connectivity index (χ3v) is 5.83. The molecule has 0 atom stereocenters. The molecule has 0 amide bonds. The van der Waals surface area contributed by atoms with Crippen LogP contribution in [0, 0.1) is 17.8 Å². The SMILES string of the molecule is CCCCCc1cc(-n2cnc3cc(C#CC4CC4)sc3c2=O)ccc1O. The van der Waals surface area contributed by atoms with Crippen LogP contribution in [0.25, 0.3) is 15.9 Å². The Morgan fingerprint density at radius 2 is 2.15 bits per heavy atom. The van der Waals surface area contributed by atoms with Crippen LogP contribution in [0.2, 0.25) is 0 Å². The smallest absolute Gasteiger partial charge is 0.275 e. The molecule has 138 valence electrons. The molecule has 1 aliphatic rings. The van der Waals surface area contributed by atoms with Crippen LogP contribution in [-0.4, -0.2) is 14.7 Å². The number of unbranched alkanes of at least 4 members (excludes halogenated alkanes) is 2. The maximum absolute atomic E-state index is 13.0. The average molecular weight is 378 g/mol. The standard InChI is InChI=1S/C22H22N2O2S/c1-2-3-4-5-16-12-17(9-11-20(16)25)24-14-23-19-13-18(10-8-15-6-7-15)27-21(19)22(24)26/h9,11-15,25H,2-7H2,1H3. The van der Waals surface area contributed by atoms with Gasteiger partial charge in [-0.25, -0.2) is 4.98 Å². The molecule has 2 heterocycles. The summed E-state index contributed by atoms with van der Waals surface area (Å²) in [5.41, 5.74) is 2.21. The molecule has 1 aromatic carbocycles. The van der Waals surface area contributed by atoms with E-state index in [1.807, 2.05) is 12.1 Å². The highest BCUT2D eigenvalue weighted by Crippen LogP contribution is 2.28. The first kappa shape index (κ1) is 17.8. The minimum atomic E-state index is -0.0883. The fraction of sp³-hybridized carbons (Fsp3) is 0.364. The van der Waals surface area contributed by atoms with Crippen LogP contribution in [0.15, 0.2) is 35.4 Å². The van der Waals surface area contributed by atoms with Gasteiger partial charge in [0, 0.05) is 5.92 Å². The van der Waals surface area contributed by atoms with E-state index in [4.69, 9.17) is 0 Å². The lowest BCUT2D eigenvalue weighted by Gasteiger charge is -2.09. The maximum atomic E-state index is 13.0. The van der Waals surface area contributed by atoms with Crippen LogP contribution in [0.5, 0.6) is 5.75 Å². The molecule has 0 saturated heterocycles. The van der Waals surface area contributed by atoms with Gasteiger partial charge in [0.25, 0.3) is 5.56 Å². The quantitative estimate of drug-likeness (QED) is 0.519. The van der Waals surface area contributed by atoms with Gasteiger partial charge in [0.1, 0.15) is 16.8 Å². The molecule has 4 nitrogen and oxygen atoms in total. The third-order valence-electron chi connectivity index (χ3n) is 4.81. The summed E-state index contributed by atoms with van der Waals surface area (Å²) in [4.78, 5) is 18.3. The van der Waals surface area contributed by atoms with E-state index in [-0.39, 0.29) is 11.3 Å².